The van der Waals surface area contributed by atoms with Gasteiger partial charge < -0.3 is 33.7 Å². The van der Waals surface area contributed by atoms with Crippen molar-refractivity contribution in [3.8, 4) is 23.0 Å². The molecule has 200 valence electrons. The molecule has 1 N–H and O–H groups in total. The Balaban J connectivity index is 2.17. The van der Waals surface area contributed by atoms with Gasteiger partial charge in [-0.3, -0.25) is 9.59 Å². The summed E-state index contributed by atoms with van der Waals surface area (Å²) in [5, 5.41) is 11.3. The van der Waals surface area contributed by atoms with E-state index in [9.17, 15) is 14.7 Å². The predicted octanol–water partition coefficient (Wildman–Crippen LogP) is 4.35. The first-order valence-corrected chi connectivity index (χ1v) is 12.1. The Morgan fingerprint density at radius 2 is 1.51 bits per heavy atom. The molecule has 3 rings (SSSR count). The van der Waals surface area contributed by atoms with E-state index in [1.165, 1.54) is 26.2 Å². The minimum absolute atomic E-state index is 0.0159. The number of aliphatic hydroxyl groups excluding tert-OH is 1. The minimum Gasteiger partial charge on any atom is -0.507 e. The number of amides is 1. The van der Waals surface area contributed by atoms with Gasteiger partial charge in [0.05, 0.1) is 51.8 Å². The molecule has 0 radical (unpaired) electrons. The molecular weight excluding hydrogens is 478 g/mol. The number of nitrogens with zero attached hydrogens (tertiary/aromatic N) is 1. The molecule has 1 amide bonds. The normalized spacial score (nSPS) is 17.0. The van der Waals surface area contributed by atoms with Crippen molar-refractivity contribution in [1.82, 2.24) is 4.90 Å². The lowest BCUT2D eigenvalue weighted by Crippen LogP contribution is -2.33. The minimum atomic E-state index is -0.906. The third-order valence-corrected chi connectivity index (χ3v) is 5.83. The number of rotatable bonds is 11. The van der Waals surface area contributed by atoms with E-state index in [0.717, 1.165) is 0 Å². The molecule has 37 heavy (non-hydrogen) atoms. The Bertz CT molecular complexity index is 1130. The van der Waals surface area contributed by atoms with Gasteiger partial charge in [-0.05, 0) is 69.7 Å². The summed E-state index contributed by atoms with van der Waals surface area (Å²) in [5.41, 5.74) is 0.853. The Kier molecular flexibility index (Phi) is 9.04. The second-order valence-electron chi connectivity index (χ2n) is 9.06. The fraction of sp³-hybridized carbons (Fsp3) is 0.429. The molecule has 2 aromatic carbocycles. The number of Topliss-reactive ketones (excluding diaryl/α,β-unsaturated/α-hetero) is 1. The molecule has 0 bridgehead atoms. The fourth-order valence-electron chi connectivity index (χ4n) is 4.22. The molecule has 1 unspecified atom stereocenters. The fourth-order valence-corrected chi connectivity index (χ4v) is 4.22. The van der Waals surface area contributed by atoms with Crippen molar-refractivity contribution in [2.24, 2.45) is 0 Å². The largest absolute Gasteiger partial charge is 0.507 e. The molecular formula is C28H35NO8. The molecule has 1 fully saturated rings. The first-order valence-electron chi connectivity index (χ1n) is 12.1. The average molecular weight is 514 g/mol. The van der Waals surface area contributed by atoms with Gasteiger partial charge >= 0.3 is 0 Å². The number of hydrogen-bond acceptors (Lipinski definition) is 8. The van der Waals surface area contributed by atoms with Gasteiger partial charge in [0.25, 0.3) is 11.7 Å². The van der Waals surface area contributed by atoms with E-state index in [1.54, 1.807) is 36.4 Å². The Hall–Kier alpha value is -3.72. The van der Waals surface area contributed by atoms with Crippen LogP contribution in [0.2, 0.25) is 0 Å². The number of ketones is 1. The quantitative estimate of drug-likeness (QED) is 0.269. The second-order valence-corrected chi connectivity index (χ2v) is 9.06. The van der Waals surface area contributed by atoms with E-state index in [2.05, 4.69) is 0 Å². The van der Waals surface area contributed by atoms with Gasteiger partial charge in [0, 0.05) is 12.1 Å². The molecule has 1 atom stereocenters. The molecule has 1 aliphatic rings. The van der Waals surface area contributed by atoms with Crippen molar-refractivity contribution in [3.63, 3.8) is 0 Å². The zero-order valence-corrected chi connectivity index (χ0v) is 22.4. The third kappa shape index (κ3) is 5.99. The van der Waals surface area contributed by atoms with Crippen LogP contribution in [0.1, 0.15) is 44.9 Å². The van der Waals surface area contributed by atoms with Gasteiger partial charge in [0.1, 0.15) is 11.5 Å². The number of aliphatic hydroxyl groups is 1. The highest BCUT2D eigenvalue weighted by atomic mass is 16.5. The van der Waals surface area contributed by atoms with Gasteiger partial charge in [-0.15, -0.1) is 0 Å². The number of hydrogen-bond donors (Lipinski definition) is 1. The van der Waals surface area contributed by atoms with Crippen molar-refractivity contribution >= 4 is 17.4 Å². The maximum Gasteiger partial charge on any atom is 0.295 e. The summed E-state index contributed by atoms with van der Waals surface area (Å²) >= 11 is 0. The van der Waals surface area contributed by atoms with E-state index >= 15 is 0 Å². The third-order valence-electron chi connectivity index (χ3n) is 5.83. The molecule has 1 aliphatic heterocycles. The molecule has 9 nitrogen and oxygen atoms in total. The Morgan fingerprint density at radius 1 is 0.919 bits per heavy atom. The SMILES string of the molecule is COc1cc(C2/C(=C(\O)c3ccc(OC(C)C)cc3)C(=O)C(=O)N2CCOC(C)C)cc(OC)c1OC. The van der Waals surface area contributed by atoms with Crippen LogP contribution in [0.5, 0.6) is 23.0 Å². The number of likely N-dealkylation sites (tertiary alicyclic amines) is 1. The average Bonchev–Trinajstić information content (AvgIpc) is 3.12. The Morgan fingerprint density at radius 3 is 2.00 bits per heavy atom. The topological polar surface area (TPSA) is 104 Å². The van der Waals surface area contributed by atoms with Gasteiger partial charge in [-0.1, -0.05) is 0 Å². The van der Waals surface area contributed by atoms with Gasteiger partial charge in [0.2, 0.25) is 5.75 Å². The predicted molar refractivity (Wildman–Crippen MR) is 138 cm³/mol. The van der Waals surface area contributed by atoms with Crippen LogP contribution in [0, 0.1) is 0 Å². The van der Waals surface area contributed by atoms with E-state index in [0.29, 0.717) is 34.1 Å². The summed E-state index contributed by atoms with van der Waals surface area (Å²) in [6.45, 7) is 7.95. The van der Waals surface area contributed by atoms with Crippen LogP contribution in [0.25, 0.3) is 5.76 Å². The highest BCUT2D eigenvalue weighted by Gasteiger charge is 2.46. The van der Waals surface area contributed by atoms with E-state index in [4.69, 9.17) is 23.7 Å². The summed E-state index contributed by atoms with van der Waals surface area (Å²) < 4.78 is 27.7. The van der Waals surface area contributed by atoms with Crippen LogP contribution >= 0.6 is 0 Å². The van der Waals surface area contributed by atoms with Gasteiger partial charge in [-0.25, -0.2) is 0 Å². The van der Waals surface area contributed by atoms with Crippen molar-refractivity contribution in [3.05, 3.63) is 53.1 Å². The lowest BCUT2D eigenvalue weighted by atomic mass is 9.94. The van der Waals surface area contributed by atoms with Crippen LogP contribution in [0.15, 0.2) is 42.0 Å². The molecule has 0 aromatic heterocycles. The molecule has 0 saturated carbocycles. The van der Waals surface area contributed by atoms with E-state index < -0.39 is 17.7 Å². The number of methoxy groups -OCH3 is 3. The molecule has 0 aliphatic carbocycles. The molecule has 9 heteroatoms. The first kappa shape index (κ1) is 27.9. The number of ether oxygens (including phenoxy) is 5. The lowest BCUT2D eigenvalue weighted by molar-refractivity contribution is -0.140. The highest BCUT2D eigenvalue weighted by molar-refractivity contribution is 6.46. The monoisotopic (exact) mass is 513 g/mol. The number of carbonyl (C=O) groups is 2. The summed E-state index contributed by atoms with van der Waals surface area (Å²) in [5.74, 6) is -0.100. The first-order chi connectivity index (χ1) is 17.6. The van der Waals surface area contributed by atoms with Crippen LogP contribution in [0.3, 0.4) is 0 Å². The van der Waals surface area contributed by atoms with Crippen molar-refractivity contribution in [1.29, 1.82) is 0 Å². The maximum atomic E-state index is 13.3. The van der Waals surface area contributed by atoms with Crippen molar-refractivity contribution < 1.29 is 38.4 Å². The highest BCUT2D eigenvalue weighted by Crippen LogP contribution is 2.45. The van der Waals surface area contributed by atoms with Crippen molar-refractivity contribution in [2.45, 2.75) is 45.9 Å². The zero-order valence-electron chi connectivity index (χ0n) is 22.4. The van der Waals surface area contributed by atoms with E-state index in [1.807, 2.05) is 27.7 Å². The standard InChI is InChI=1S/C28H35NO8/c1-16(2)36-13-12-29-24(19-14-21(33-5)27(35-7)22(15-19)34-6)23(26(31)28(29)32)25(30)18-8-10-20(11-9-18)37-17(3)4/h8-11,14-17,24,30H,12-13H2,1-7H3/b25-23+. The van der Waals surface area contributed by atoms with Crippen LogP contribution in [0.4, 0.5) is 0 Å². The summed E-state index contributed by atoms with van der Waals surface area (Å²) in [4.78, 5) is 27.9. The second kappa shape index (κ2) is 12.0. The van der Waals surface area contributed by atoms with Crippen molar-refractivity contribution in [2.75, 3.05) is 34.5 Å². The van der Waals surface area contributed by atoms with E-state index in [-0.39, 0.29) is 36.7 Å². The summed E-state index contributed by atoms with van der Waals surface area (Å²) in [7, 11) is 4.45. The molecule has 1 saturated heterocycles. The smallest absolute Gasteiger partial charge is 0.295 e. The Labute approximate surface area is 217 Å². The summed E-state index contributed by atoms with van der Waals surface area (Å²) in [6, 6.07) is 9.13. The van der Waals surface area contributed by atoms with Crippen LogP contribution in [-0.4, -0.2) is 68.4 Å². The maximum absolute atomic E-state index is 13.3. The molecule has 0 spiro atoms. The molecule has 1 heterocycles. The number of carbonyl (C=O) groups excluding carboxylic acids is 2. The molecule has 2 aromatic rings. The van der Waals surface area contributed by atoms with Gasteiger partial charge in [-0.2, -0.15) is 0 Å². The van der Waals surface area contributed by atoms with Crippen LogP contribution < -0.4 is 18.9 Å². The zero-order chi connectivity index (χ0) is 27.3. The van der Waals surface area contributed by atoms with Crippen LogP contribution in [-0.2, 0) is 14.3 Å². The summed E-state index contributed by atoms with van der Waals surface area (Å²) in [6.07, 6.45) is -0.0686. The number of benzene rings is 2. The lowest BCUT2D eigenvalue weighted by Gasteiger charge is -2.27. The van der Waals surface area contributed by atoms with Gasteiger partial charge in [0.15, 0.2) is 11.5 Å².